The number of aliphatic carboxylic acids is 1. The second-order valence-electron chi connectivity index (χ2n) is 4.94. The summed E-state index contributed by atoms with van der Waals surface area (Å²) in [7, 11) is 0. The molecule has 2 aliphatic rings. The van der Waals surface area contributed by atoms with Gasteiger partial charge in [0.25, 0.3) is 0 Å². The number of hydrogen-bond acceptors (Lipinski definition) is 3. The van der Waals surface area contributed by atoms with Crippen molar-refractivity contribution in [1.29, 1.82) is 0 Å². The Morgan fingerprint density at radius 1 is 1.56 bits per heavy atom. The smallest absolute Gasteiger partial charge is 0.329 e. The molecule has 0 radical (unpaired) electrons. The summed E-state index contributed by atoms with van der Waals surface area (Å²) in [6, 6.07) is -0.541. The fraction of sp³-hybridized carbons (Fsp3) is 0.750. The first kappa shape index (κ1) is 12.9. The number of amides is 2. The average molecular weight is 254 g/mol. The Bertz CT molecular complexity index is 396. The highest BCUT2D eigenvalue weighted by molar-refractivity contribution is 5.94. The topological polar surface area (TPSA) is 86.7 Å². The lowest BCUT2D eigenvalue weighted by Crippen LogP contribution is -2.56. The first-order chi connectivity index (χ1) is 8.51. The van der Waals surface area contributed by atoms with E-state index in [1.54, 1.807) is 6.92 Å². The molecule has 0 aromatic carbocycles. The van der Waals surface area contributed by atoms with E-state index in [0.29, 0.717) is 38.6 Å². The summed E-state index contributed by atoms with van der Waals surface area (Å²) in [5.74, 6) is -1.33. The SMILES string of the molecule is CCC1(C(=O)O)CCCN1C(=O)[C@H]1CCC(=O)N1. The van der Waals surface area contributed by atoms with Crippen molar-refractivity contribution >= 4 is 17.8 Å². The molecule has 0 bridgehead atoms. The van der Waals surface area contributed by atoms with Crippen LogP contribution in [-0.2, 0) is 14.4 Å². The Hall–Kier alpha value is -1.59. The zero-order valence-electron chi connectivity index (χ0n) is 10.4. The molecule has 0 spiro atoms. The molecular formula is C12H18N2O4. The number of nitrogens with zero attached hydrogens (tertiary/aromatic N) is 1. The van der Waals surface area contributed by atoms with Gasteiger partial charge in [-0.3, -0.25) is 9.59 Å². The number of carboxylic acids is 1. The van der Waals surface area contributed by atoms with Crippen LogP contribution in [0.4, 0.5) is 0 Å². The van der Waals surface area contributed by atoms with Crippen molar-refractivity contribution in [3.8, 4) is 0 Å². The van der Waals surface area contributed by atoms with Gasteiger partial charge in [0.15, 0.2) is 0 Å². The lowest BCUT2D eigenvalue weighted by Gasteiger charge is -2.35. The Balaban J connectivity index is 2.18. The maximum atomic E-state index is 12.3. The van der Waals surface area contributed by atoms with Crippen molar-refractivity contribution in [3.05, 3.63) is 0 Å². The molecule has 2 aliphatic heterocycles. The summed E-state index contributed by atoms with van der Waals surface area (Å²) in [4.78, 5) is 36.4. The number of carboxylic acid groups (broad SMARTS) is 1. The highest BCUT2D eigenvalue weighted by Crippen LogP contribution is 2.34. The van der Waals surface area contributed by atoms with Crippen molar-refractivity contribution in [2.24, 2.45) is 0 Å². The second-order valence-corrected chi connectivity index (χ2v) is 4.94. The number of carbonyl (C=O) groups is 3. The van der Waals surface area contributed by atoms with Crippen molar-refractivity contribution in [3.63, 3.8) is 0 Å². The summed E-state index contributed by atoms with van der Waals surface area (Å²) < 4.78 is 0. The highest BCUT2D eigenvalue weighted by atomic mass is 16.4. The predicted octanol–water partition coefficient (Wildman–Crippen LogP) is 0.121. The van der Waals surface area contributed by atoms with Crippen LogP contribution in [0.1, 0.15) is 39.0 Å². The minimum atomic E-state index is -1.08. The van der Waals surface area contributed by atoms with Gasteiger partial charge in [-0.15, -0.1) is 0 Å². The van der Waals surface area contributed by atoms with Crippen LogP contribution in [-0.4, -0.2) is 45.9 Å². The molecule has 2 fully saturated rings. The van der Waals surface area contributed by atoms with Crippen LogP contribution in [0.15, 0.2) is 0 Å². The van der Waals surface area contributed by atoms with Crippen LogP contribution in [0.25, 0.3) is 0 Å². The lowest BCUT2D eigenvalue weighted by molar-refractivity contribution is -0.157. The molecule has 6 nitrogen and oxygen atoms in total. The molecular weight excluding hydrogens is 236 g/mol. The van der Waals surface area contributed by atoms with Gasteiger partial charge < -0.3 is 15.3 Å². The third kappa shape index (κ3) is 1.85. The quantitative estimate of drug-likeness (QED) is 0.749. The van der Waals surface area contributed by atoms with Gasteiger partial charge in [0.2, 0.25) is 11.8 Å². The minimum Gasteiger partial charge on any atom is -0.479 e. The fourth-order valence-electron chi connectivity index (χ4n) is 2.93. The van der Waals surface area contributed by atoms with Crippen molar-refractivity contribution in [2.75, 3.05) is 6.54 Å². The van der Waals surface area contributed by atoms with Crippen LogP contribution in [0, 0.1) is 0 Å². The van der Waals surface area contributed by atoms with Crippen molar-refractivity contribution < 1.29 is 19.5 Å². The van der Waals surface area contributed by atoms with Gasteiger partial charge >= 0.3 is 5.97 Å². The van der Waals surface area contributed by atoms with E-state index in [4.69, 9.17) is 0 Å². The first-order valence-corrected chi connectivity index (χ1v) is 6.35. The van der Waals surface area contributed by atoms with E-state index >= 15 is 0 Å². The molecule has 0 aromatic heterocycles. The van der Waals surface area contributed by atoms with Crippen LogP contribution in [0.5, 0.6) is 0 Å². The molecule has 2 saturated heterocycles. The maximum absolute atomic E-state index is 12.3. The second kappa shape index (κ2) is 4.59. The maximum Gasteiger partial charge on any atom is 0.329 e. The van der Waals surface area contributed by atoms with Gasteiger partial charge in [-0.25, -0.2) is 4.79 Å². The van der Waals surface area contributed by atoms with E-state index in [0.717, 1.165) is 0 Å². The van der Waals surface area contributed by atoms with E-state index in [1.165, 1.54) is 4.90 Å². The van der Waals surface area contributed by atoms with Gasteiger partial charge in [-0.1, -0.05) is 6.92 Å². The van der Waals surface area contributed by atoms with Gasteiger partial charge in [-0.2, -0.15) is 0 Å². The highest BCUT2D eigenvalue weighted by Gasteiger charge is 2.50. The van der Waals surface area contributed by atoms with Crippen LogP contribution >= 0.6 is 0 Å². The number of likely N-dealkylation sites (tertiary alicyclic amines) is 1. The van der Waals surface area contributed by atoms with E-state index in [1.807, 2.05) is 0 Å². The molecule has 0 aromatic rings. The van der Waals surface area contributed by atoms with Gasteiger partial charge in [0.05, 0.1) is 0 Å². The van der Waals surface area contributed by atoms with E-state index in [9.17, 15) is 19.5 Å². The number of rotatable bonds is 3. The summed E-state index contributed by atoms with van der Waals surface area (Å²) >= 11 is 0. The zero-order valence-corrected chi connectivity index (χ0v) is 10.4. The monoisotopic (exact) mass is 254 g/mol. The average Bonchev–Trinajstić information content (AvgIpc) is 2.94. The summed E-state index contributed by atoms with van der Waals surface area (Å²) in [5.41, 5.74) is -1.08. The van der Waals surface area contributed by atoms with E-state index < -0.39 is 17.6 Å². The zero-order chi connectivity index (χ0) is 13.3. The summed E-state index contributed by atoms with van der Waals surface area (Å²) in [6.45, 7) is 2.25. The molecule has 0 saturated carbocycles. The number of carbonyl (C=O) groups excluding carboxylic acids is 2. The van der Waals surface area contributed by atoms with Crippen LogP contribution in [0.2, 0.25) is 0 Å². The summed E-state index contributed by atoms with van der Waals surface area (Å²) in [5, 5.41) is 12.0. The van der Waals surface area contributed by atoms with Crippen molar-refractivity contribution in [1.82, 2.24) is 10.2 Å². The molecule has 2 N–H and O–H groups in total. The fourth-order valence-corrected chi connectivity index (χ4v) is 2.93. The van der Waals surface area contributed by atoms with Gasteiger partial charge in [0.1, 0.15) is 11.6 Å². The molecule has 2 atom stereocenters. The molecule has 18 heavy (non-hydrogen) atoms. The minimum absolute atomic E-state index is 0.134. The Morgan fingerprint density at radius 3 is 2.78 bits per heavy atom. The van der Waals surface area contributed by atoms with Crippen LogP contribution in [0.3, 0.4) is 0 Å². The Morgan fingerprint density at radius 2 is 2.28 bits per heavy atom. The summed E-state index contributed by atoms with van der Waals surface area (Å²) in [6.07, 6.45) is 2.40. The molecule has 2 heterocycles. The largest absolute Gasteiger partial charge is 0.479 e. The van der Waals surface area contributed by atoms with Crippen LogP contribution < -0.4 is 5.32 Å². The number of nitrogens with one attached hydrogen (secondary N) is 1. The Kier molecular flexibility index (Phi) is 3.28. The molecule has 0 aliphatic carbocycles. The standard InChI is InChI=1S/C12H18N2O4/c1-2-12(11(17)18)6-3-7-14(12)10(16)8-4-5-9(15)13-8/h8H,2-7H2,1H3,(H,13,15)(H,17,18)/t8-,12?/m1/s1. The third-order valence-corrected chi connectivity index (χ3v) is 4.03. The predicted molar refractivity (Wildman–Crippen MR) is 62.8 cm³/mol. The van der Waals surface area contributed by atoms with Gasteiger partial charge in [-0.05, 0) is 25.7 Å². The van der Waals surface area contributed by atoms with Gasteiger partial charge in [0, 0.05) is 13.0 Å². The van der Waals surface area contributed by atoms with Crippen molar-refractivity contribution in [2.45, 2.75) is 50.6 Å². The van der Waals surface area contributed by atoms with E-state index in [2.05, 4.69) is 5.32 Å². The molecule has 1 unspecified atom stereocenters. The Labute approximate surface area is 105 Å². The molecule has 2 rings (SSSR count). The molecule has 2 amide bonds. The molecule has 6 heteroatoms. The number of hydrogen-bond donors (Lipinski definition) is 2. The normalized spacial score (nSPS) is 31.5. The lowest BCUT2D eigenvalue weighted by atomic mass is 9.92. The van der Waals surface area contributed by atoms with E-state index in [-0.39, 0.29) is 11.8 Å². The third-order valence-electron chi connectivity index (χ3n) is 4.03. The first-order valence-electron chi connectivity index (χ1n) is 6.35. The molecule has 100 valence electrons.